The Balaban J connectivity index is 1.56. The van der Waals surface area contributed by atoms with Gasteiger partial charge >= 0.3 is 0 Å². The molecule has 0 aliphatic carbocycles. The maximum atomic E-state index is 12.8. The van der Waals surface area contributed by atoms with Crippen LogP contribution in [0.1, 0.15) is 5.56 Å². The lowest BCUT2D eigenvalue weighted by Gasteiger charge is -2.12. The number of quaternary nitrogens is 1. The summed E-state index contributed by atoms with van der Waals surface area (Å²) in [5.41, 5.74) is 2.68. The Labute approximate surface area is 174 Å². The molecule has 0 radical (unpaired) electrons. The molecule has 1 aromatic heterocycles. The number of rotatable bonds is 5. The molecule has 0 saturated carbocycles. The molecule has 0 aliphatic rings. The van der Waals surface area contributed by atoms with Gasteiger partial charge in [-0.3, -0.25) is 4.79 Å². The quantitative estimate of drug-likeness (QED) is 0.442. The molecule has 1 atom stereocenters. The van der Waals surface area contributed by atoms with E-state index in [1.165, 1.54) is 18.4 Å². The second kappa shape index (κ2) is 8.18. The Bertz CT molecular complexity index is 1200. The minimum absolute atomic E-state index is 0.107. The first-order valence-electron chi connectivity index (χ1n) is 8.78. The molecule has 0 bridgehead atoms. The molecule has 4 rings (SSSR count). The summed E-state index contributed by atoms with van der Waals surface area (Å²) in [5, 5.41) is 19.4. The standard InChI is InChI=1S/C22H16BrNO5/c23-16-5-3-15(4-6-16)20-13-29-21-11-18(9-10-19(21)22(20)25)28-12-14-1-7-17(8-2-14)24(26)27/h1-11,13,24,26H,12H2. The molecule has 0 fully saturated rings. The van der Waals surface area contributed by atoms with Crippen LogP contribution in [0.5, 0.6) is 5.75 Å². The lowest BCUT2D eigenvalue weighted by molar-refractivity contribution is -0.991. The van der Waals surface area contributed by atoms with E-state index in [2.05, 4.69) is 15.9 Å². The lowest BCUT2D eigenvalue weighted by Crippen LogP contribution is -2.99. The van der Waals surface area contributed by atoms with Crippen molar-refractivity contribution in [1.82, 2.24) is 0 Å². The van der Waals surface area contributed by atoms with E-state index in [4.69, 9.17) is 14.4 Å². The highest BCUT2D eigenvalue weighted by Crippen LogP contribution is 2.24. The van der Waals surface area contributed by atoms with Crippen molar-refractivity contribution in [2.75, 3.05) is 0 Å². The van der Waals surface area contributed by atoms with Crippen molar-refractivity contribution in [3.8, 4) is 16.9 Å². The van der Waals surface area contributed by atoms with E-state index >= 15 is 0 Å². The van der Waals surface area contributed by atoms with Crippen molar-refractivity contribution in [2.24, 2.45) is 0 Å². The van der Waals surface area contributed by atoms with Crippen LogP contribution in [0, 0.1) is 5.21 Å². The summed E-state index contributed by atoms with van der Waals surface area (Å²) in [4.78, 5) is 12.8. The Kier molecular flexibility index (Phi) is 5.46. The number of hydrogen-bond donors (Lipinski definition) is 2. The normalized spacial score (nSPS) is 12.1. The van der Waals surface area contributed by atoms with Gasteiger partial charge in [0.2, 0.25) is 0 Å². The molecule has 0 aliphatic heterocycles. The number of halogens is 1. The van der Waals surface area contributed by atoms with E-state index in [0.29, 0.717) is 22.3 Å². The van der Waals surface area contributed by atoms with Gasteiger partial charge in [-0.15, -0.1) is 0 Å². The maximum absolute atomic E-state index is 12.8. The van der Waals surface area contributed by atoms with Gasteiger partial charge in [-0.1, -0.05) is 28.1 Å². The highest BCUT2D eigenvalue weighted by atomic mass is 79.9. The molecule has 1 heterocycles. The summed E-state index contributed by atoms with van der Waals surface area (Å²) in [6.07, 6.45) is 1.46. The van der Waals surface area contributed by atoms with E-state index < -0.39 is 5.23 Å². The summed E-state index contributed by atoms with van der Waals surface area (Å²) in [5.74, 6) is 0.555. The van der Waals surface area contributed by atoms with E-state index in [1.807, 2.05) is 24.3 Å². The van der Waals surface area contributed by atoms with E-state index in [9.17, 15) is 10.0 Å². The van der Waals surface area contributed by atoms with Gasteiger partial charge < -0.3 is 14.4 Å². The number of fused-ring (bicyclic) bond motifs is 1. The van der Waals surface area contributed by atoms with Gasteiger partial charge in [0, 0.05) is 22.7 Å². The largest absolute Gasteiger partial charge is 0.595 e. The van der Waals surface area contributed by atoms with E-state index in [-0.39, 0.29) is 17.7 Å². The zero-order valence-electron chi connectivity index (χ0n) is 15.1. The second-order valence-corrected chi connectivity index (χ2v) is 7.35. The molecule has 2 N–H and O–H groups in total. The Hall–Kier alpha value is -2.97. The van der Waals surface area contributed by atoms with Gasteiger partial charge in [-0.05, 0) is 47.5 Å². The third-order valence-corrected chi connectivity index (χ3v) is 5.04. The first kappa shape index (κ1) is 19.4. The van der Waals surface area contributed by atoms with Crippen molar-refractivity contribution >= 4 is 32.6 Å². The fourth-order valence-electron chi connectivity index (χ4n) is 2.94. The van der Waals surface area contributed by atoms with E-state index in [0.717, 1.165) is 15.6 Å². The van der Waals surface area contributed by atoms with Crippen LogP contribution in [-0.4, -0.2) is 5.21 Å². The monoisotopic (exact) mass is 453 g/mol. The number of hydrogen-bond acceptors (Lipinski definition) is 5. The van der Waals surface area contributed by atoms with Gasteiger partial charge in [0.1, 0.15) is 24.2 Å². The average Bonchev–Trinajstić information content (AvgIpc) is 2.73. The van der Waals surface area contributed by atoms with E-state index in [1.54, 1.807) is 30.3 Å². The third-order valence-electron chi connectivity index (χ3n) is 4.51. The Morgan fingerprint density at radius 1 is 1.03 bits per heavy atom. The topological polar surface area (TPSA) is 87.2 Å². The van der Waals surface area contributed by atoms with Crippen molar-refractivity contribution in [2.45, 2.75) is 6.61 Å². The molecular weight excluding hydrogens is 438 g/mol. The summed E-state index contributed by atoms with van der Waals surface area (Å²) < 4.78 is 12.4. The molecule has 7 heteroatoms. The minimum atomic E-state index is -0.968. The van der Waals surface area contributed by atoms with Gasteiger partial charge in [0.05, 0.1) is 10.9 Å². The summed E-state index contributed by atoms with van der Waals surface area (Å²) in [7, 11) is 0. The first-order chi connectivity index (χ1) is 14.0. The smallest absolute Gasteiger partial charge is 0.200 e. The second-order valence-electron chi connectivity index (χ2n) is 6.43. The molecule has 0 saturated heterocycles. The molecule has 29 heavy (non-hydrogen) atoms. The average molecular weight is 454 g/mol. The zero-order chi connectivity index (χ0) is 20.4. The highest BCUT2D eigenvalue weighted by Gasteiger charge is 2.10. The molecule has 0 amide bonds. The van der Waals surface area contributed by atoms with Crippen LogP contribution < -0.4 is 15.4 Å². The van der Waals surface area contributed by atoms with Gasteiger partial charge in [0.15, 0.2) is 11.1 Å². The van der Waals surface area contributed by atoms with Crippen LogP contribution in [0.3, 0.4) is 0 Å². The molecule has 4 aromatic rings. The third kappa shape index (κ3) is 4.23. The molecule has 6 nitrogen and oxygen atoms in total. The van der Waals surface area contributed by atoms with Crippen LogP contribution in [0.2, 0.25) is 0 Å². The predicted molar refractivity (Wildman–Crippen MR) is 112 cm³/mol. The van der Waals surface area contributed by atoms with Crippen LogP contribution in [-0.2, 0) is 6.61 Å². The fourth-order valence-corrected chi connectivity index (χ4v) is 3.20. The van der Waals surface area contributed by atoms with Gasteiger partial charge in [0.25, 0.3) is 0 Å². The Morgan fingerprint density at radius 3 is 2.45 bits per heavy atom. The summed E-state index contributed by atoms with van der Waals surface area (Å²) in [6.45, 7) is 0.270. The molecule has 1 unspecified atom stereocenters. The van der Waals surface area contributed by atoms with Crippen molar-refractivity contribution < 1.29 is 19.6 Å². The number of nitrogens with one attached hydrogen (secondary N) is 1. The van der Waals surface area contributed by atoms with Crippen molar-refractivity contribution in [1.29, 1.82) is 0 Å². The van der Waals surface area contributed by atoms with Crippen LogP contribution in [0.15, 0.2) is 86.7 Å². The summed E-state index contributed by atoms with van der Waals surface area (Å²) >= 11 is 3.38. The SMILES string of the molecule is O=c1c(-c2ccc(Br)cc2)coc2cc(OCc3ccc([NH+]([O-])O)cc3)ccc12. The highest BCUT2D eigenvalue weighted by molar-refractivity contribution is 9.10. The van der Waals surface area contributed by atoms with Crippen LogP contribution in [0.25, 0.3) is 22.1 Å². The fraction of sp³-hybridized carbons (Fsp3) is 0.0455. The van der Waals surface area contributed by atoms with Gasteiger partial charge in [-0.25, -0.2) is 5.21 Å². The zero-order valence-corrected chi connectivity index (χ0v) is 16.7. The van der Waals surface area contributed by atoms with Gasteiger partial charge in [-0.2, -0.15) is 5.23 Å². The van der Waals surface area contributed by atoms with Crippen molar-refractivity contribution in [3.63, 3.8) is 0 Å². The minimum Gasteiger partial charge on any atom is -0.595 e. The maximum Gasteiger partial charge on any atom is 0.200 e. The molecule has 3 aromatic carbocycles. The Morgan fingerprint density at radius 2 is 1.76 bits per heavy atom. The van der Waals surface area contributed by atoms with Crippen LogP contribution in [0.4, 0.5) is 5.69 Å². The van der Waals surface area contributed by atoms with Crippen LogP contribution >= 0.6 is 15.9 Å². The predicted octanol–water partition coefficient (Wildman–Crippen LogP) is 4.20. The summed E-state index contributed by atoms with van der Waals surface area (Å²) in [6, 6.07) is 19.0. The lowest BCUT2D eigenvalue weighted by atomic mass is 10.1. The molecule has 0 spiro atoms. The molecule has 146 valence electrons. The molecular formula is C22H16BrNO5. The first-order valence-corrected chi connectivity index (χ1v) is 9.57. The van der Waals surface area contributed by atoms with Crippen molar-refractivity contribution in [3.05, 3.63) is 98.5 Å². The number of benzene rings is 3. The number of ether oxygens (including phenoxy) is 1.